The van der Waals surface area contributed by atoms with E-state index in [1.807, 2.05) is 11.3 Å². The number of aryl methyl sites for hydroxylation is 1. The molecule has 0 bridgehead atoms. The predicted molar refractivity (Wildman–Crippen MR) is 85.0 cm³/mol. The van der Waals surface area contributed by atoms with E-state index in [0.717, 1.165) is 19.6 Å². The molecule has 2 rings (SSSR count). The lowest BCUT2D eigenvalue weighted by molar-refractivity contribution is 0.723. The van der Waals surface area contributed by atoms with Gasteiger partial charge in [0.15, 0.2) is 0 Å². The summed E-state index contributed by atoms with van der Waals surface area (Å²) < 4.78 is 0. The minimum Gasteiger partial charge on any atom is -0.369 e. The molecule has 1 N–H and O–H groups in total. The molecule has 0 saturated carbocycles. The van der Waals surface area contributed by atoms with Crippen LogP contribution in [0.2, 0.25) is 0 Å². The van der Waals surface area contributed by atoms with Crippen LogP contribution in [-0.4, -0.2) is 13.6 Å². The van der Waals surface area contributed by atoms with Gasteiger partial charge in [0, 0.05) is 24.2 Å². The lowest BCUT2D eigenvalue weighted by Crippen LogP contribution is -2.20. The summed E-state index contributed by atoms with van der Waals surface area (Å²) >= 11 is 1.82. The lowest BCUT2D eigenvalue weighted by atomic mass is 10.1. The van der Waals surface area contributed by atoms with Gasteiger partial charge in [0.2, 0.25) is 0 Å². The number of hydrogen-bond acceptors (Lipinski definition) is 3. The highest BCUT2D eigenvalue weighted by Gasteiger charge is 2.08. The molecule has 102 valence electrons. The number of hydrogen-bond donors (Lipinski definition) is 1. The zero-order valence-electron chi connectivity index (χ0n) is 11.9. The first-order chi connectivity index (χ1) is 9.20. The van der Waals surface area contributed by atoms with Gasteiger partial charge in [-0.1, -0.05) is 30.7 Å². The summed E-state index contributed by atoms with van der Waals surface area (Å²) in [5, 5.41) is 5.56. The highest BCUT2D eigenvalue weighted by molar-refractivity contribution is 7.09. The lowest BCUT2D eigenvalue weighted by Gasteiger charge is -2.22. The fourth-order valence-electron chi connectivity index (χ4n) is 2.21. The summed E-state index contributed by atoms with van der Waals surface area (Å²) in [6.07, 6.45) is 0. The summed E-state index contributed by atoms with van der Waals surface area (Å²) in [5.41, 5.74) is 4.02. The van der Waals surface area contributed by atoms with Gasteiger partial charge in [0.25, 0.3) is 0 Å². The van der Waals surface area contributed by atoms with Crippen molar-refractivity contribution < 1.29 is 0 Å². The van der Waals surface area contributed by atoms with Crippen LogP contribution in [0.15, 0.2) is 35.7 Å². The van der Waals surface area contributed by atoms with Crippen LogP contribution in [0.5, 0.6) is 0 Å². The Kier molecular flexibility index (Phi) is 5.00. The summed E-state index contributed by atoms with van der Waals surface area (Å²) in [6.45, 7) is 7.20. The highest BCUT2D eigenvalue weighted by Crippen LogP contribution is 2.23. The third kappa shape index (κ3) is 3.82. The Balaban J connectivity index is 2.17. The average Bonchev–Trinajstić information content (AvgIpc) is 2.89. The molecule has 0 radical (unpaired) electrons. The largest absolute Gasteiger partial charge is 0.369 e. The third-order valence-electron chi connectivity index (χ3n) is 3.18. The van der Waals surface area contributed by atoms with E-state index in [-0.39, 0.29) is 0 Å². The van der Waals surface area contributed by atoms with Crippen molar-refractivity contribution in [3.63, 3.8) is 0 Å². The Morgan fingerprint density at radius 3 is 2.79 bits per heavy atom. The van der Waals surface area contributed by atoms with E-state index in [2.05, 4.69) is 66.8 Å². The van der Waals surface area contributed by atoms with Crippen LogP contribution >= 0.6 is 11.3 Å². The number of nitrogens with one attached hydrogen (secondary N) is 1. The van der Waals surface area contributed by atoms with Crippen LogP contribution in [-0.2, 0) is 13.1 Å². The Labute approximate surface area is 120 Å². The first kappa shape index (κ1) is 14.1. The van der Waals surface area contributed by atoms with Crippen molar-refractivity contribution in [1.29, 1.82) is 0 Å². The Morgan fingerprint density at radius 1 is 1.26 bits per heavy atom. The molecular formula is C16H22N2S. The van der Waals surface area contributed by atoms with E-state index in [1.54, 1.807) is 0 Å². The van der Waals surface area contributed by atoms with E-state index in [9.17, 15) is 0 Å². The van der Waals surface area contributed by atoms with Crippen molar-refractivity contribution >= 4 is 17.0 Å². The Bertz CT molecular complexity index is 505. The van der Waals surface area contributed by atoms with E-state index in [4.69, 9.17) is 0 Å². The molecule has 0 saturated heterocycles. The predicted octanol–water partition coefficient (Wildman–Crippen LogP) is 3.80. The number of benzene rings is 1. The molecule has 0 aliphatic heterocycles. The molecule has 0 fully saturated rings. The molecule has 0 aliphatic rings. The minimum absolute atomic E-state index is 0.933. The van der Waals surface area contributed by atoms with Crippen LogP contribution in [0.4, 0.5) is 5.69 Å². The van der Waals surface area contributed by atoms with E-state index in [0.29, 0.717) is 0 Å². The van der Waals surface area contributed by atoms with Gasteiger partial charge in [-0.3, -0.25) is 0 Å². The second kappa shape index (κ2) is 6.73. The maximum Gasteiger partial charge on any atom is 0.0519 e. The van der Waals surface area contributed by atoms with E-state index < -0.39 is 0 Å². The van der Waals surface area contributed by atoms with Crippen molar-refractivity contribution in [2.45, 2.75) is 26.9 Å². The fourth-order valence-corrected chi connectivity index (χ4v) is 2.97. The maximum absolute atomic E-state index is 3.42. The molecule has 0 spiro atoms. The quantitative estimate of drug-likeness (QED) is 0.862. The standard InChI is InChI=1S/C16H22N2S/c1-4-17-11-14-10-13(2)7-8-16(14)18(3)12-15-6-5-9-19-15/h5-10,17H,4,11-12H2,1-3H3. The van der Waals surface area contributed by atoms with Gasteiger partial charge >= 0.3 is 0 Å². The van der Waals surface area contributed by atoms with E-state index in [1.165, 1.54) is 21.7 Å². The van der Waals surface area contributed by atoms with Crippen molar-refractivity contribution in [3.8, 4) is 0 Å². The monoisotopic (exact) mass is 274 g/mol. The van der Waals surface area contributed by atoms with Gasteiger partial charge < -0.3 is 10.2 Å². The van der Waals surface area contributed by atoms with Crippen molar-refractivity contribution in [3.05, 3.63) is 51.7 Å². The molecule has 0 atom stereocenters. The van der Waals surface area contributed by atoms with Gasteiger partial charge in [0.05, 0.1) is 6.54 Å². The number of rotatable bonds is 6. The van der Waals surface area contributed by atoms with Gasteiger partial charge in [0.1, 0.15) is 0 Å². The van der Waals surface area contributed by atoms with Crippen molar-refractivity contribution in [2.75, 3.05) is 18.5 Å². The summed E-state index contributed by atoms with van der Waals surface area (Å²) in [6, 6.07) is 11.0. The molecule has 3 heteroatoms. The van der Waals surface area contributed by atoms with Gasteiger partial charge in [-0.2, -0.15) is 0 Å². The SMILES string of the molecule is CCNCc1cc(C)ccc1N(C)Cc1cccs1. The smallest absolute Gasteiger partial charge is 0.0519 e. The first-order valence-electron chi connectivity index (χ1n) is 6.74. The number of nitrogens with zero attached hydrogens (tertiary/aromatic N) is 1. The zero-order chi connectivity index (χ0) is 13.7. The topological polar surface area (TPSA) is 15.3 Å². The van der Waals surface area contributed by atoms with Crippen LogP contribution in [0.25, 0.3) is 0 Å². The molecule has 2 aromatic rings. The van der Waals surface area contributed by atoms with Crippen LogP contribution in [0, 0.1) is 6.92 Å². The highest BCUT2D eigenvalue weighted by atomic mass is 32.1. The first-order valence-corrected chi connectivity index (χ1v) is 7.62. The van der Waals surface area contributed by atoms with Crippen molar-refractivity contribution in [2.24, 2.45) is 0 Å². The van der Waals surface area contributed by atoms with Gasteiger partial charge in [-0.05, 0) is 36.5 Å². The van der Waals surface area contributed by atoms with E-state index >= 15 is 0 Å². The second-order valence-corrected chi connectivity index (χ2v) is 5.88. The summed E-state index contributed by atoms with van der Waals surface area (Å²) in [5.74, 6) is 0. The molecule has 2 nitrogen and oxygen atoms in total. The van der Waals surface area contributed by atoms with Gasteiger partial charge in [-0.15, -0.1) is 11.3 Å². The third-order valence-corrected chi connectivity index (χ3v) is 4.05. The molecule has 1 aromatic carbocycles. The minimum atomic E-state index is 0.933. The molecule has 0 aliphatic carbocycles. The molecular weight excluding hydrogens is 252 g/mol. The summed E-state index contributed by atoms with van der Waals surface area (Å²) in [7, 11) is 2.17. The Hall–Kier alpha value is -1.32. The fraction of sp³-hybridized carbons (Fsp3) is 0.375. The average molecular weight is 274 g/mol. The molecule has 1 heterocycles. The van der Waals surface area contributed by atoms with Crippen LogP contribution in [0.3, 0.4) is 0 Å². The van der Waals surface area contributed by atoms with Gasteiger partial charge in [-0.25, -0.2) is 0 Å². The number of anilines is 1. The molecule has 19 heavy (non-hydrogen) atoms. The molecule has 1 aromatic heterocycles. The molecule has 0 unspecified atom stereocenters. The summed E-state index contributed by atoms with van der Waals surface area (Å²) in [4.78, 5) is 3.73. The maximum atomic E-state index is 3.42. The zero-order valence-corrected chi connectivity index (χ0v) is 12.8. The molecule has 0 amide bonds. The Morgan fingerprint density at radius 2 is 2.11 bits per heavy atom. The normalized spacial score (nSPS) is 10.7. The number of thiophene rings is 1. The van der Waals surface area contributed by atoms with Crippen molar-refractivity contribution in [1.82, 2.24) is 5.32 Å². The van der Waals surface area contributed by atoms with Crippen LogP contribution < -0.4 is 10.2 Å². The van der Waals surface area contributed by atoms with Crippen LogP contribution in [0.1, 0.15) is 22.9 Å². The second-order valence-electron chi connectivity index (χ2n) is 4.85.